The molecule has 0 fully saturated rings. The van der Waals surface area contributed by atoms with Gasteiger partial charge in [0.25, 0.3) is 0 Å². The number of hydrogen-bond acceptors (Lipinski definition) is 1. The summed E-state index contributed by atoms with van der Waals surface area (Å²) in [5.41, 5.74) is 0. The first-order valence-electron chi connectivity index (χ1n) is 13.8. The van der Waals surface area contributed by atoms with Gasteiger partial charge in [-0.1, -0.05) is 130 Å². The molecule has 0 heterocycles. The molecule has 0 atom stereocenters. The molecule has 0 aromatic heterocycles. The van der Waals surface area contributed by atoms with Gasteiger partial charge in [-0.3, -0.25) is 0 Å². The van der Waals surface area contributed by atoms with E-state index < -0.39 is 0 Å². The molecule has 0 aliphatic heterocycles. The first-order chi connectivity index (χ1) is 14.8. The number of carbonyl (C=O) groups excluding carboxylic acids is 1. The zero-order chi connectivity index (χ0) is 22.1. The van der Waals surface area contributed by atoms with E-state index in [1.54, 1.807) is 0 Å². The Balaban J connectivity index is 3.37. The summed E-state index contributed by atoms with van der Waals surface area (Å²) in [6.45, 7) is 9.31. The van der Waals surface area contributed by atoms with Crippen LogP contribution in [0.3, 0.4) is 0 Å². The number of hydrogen-bond donors (Lipinski definition) is 1. The molecule has 3 nitrogen and oxygen atoms in total. The van der Waals surface area contributed by atoms with Gasteiger partial charge in [0.05, 0.1) is 0 Å². The third-order valence-electron chi connectivity index (χ3n) is 6.16. The van der Waals surface area contributed by atoms with Crippen LogP contribution in [0.5, 0.6) is 0 Å². The third kappa shape index (κ3) is 20.5. The van der Waals surface area contributed by atoms with E-state index in [1.165, 1.54) is 96.3 Å². The summed E-state index contributed by atoms with van der Waals surface area (Å²) in [6.07, 6.45) is 26.7. The Hall–Kier alpha value is -0.730. The van der Waals surface area contributed by atoms with E-state index in [0.717, 1.165) is 51.7 Å². The van der Waals surface area contributed by atoms with Crippen LogP contribution in [-0.2, 0) is 0 Å². The van der Waals surface area contributed by atoms with Crippen LogP contribution in [0, 0.1) is 0 Å². The van der Waals surface area contributed by atoms with Crippen LogP contribution >= 0.6 is 0 Å². The van der Waals surface area contributed by atoms with Gasteiger partial charge in [0, 0.05) is 19.6 Å². The van der Waals surface area contributed by atoms with Crippen molar-refractivity contribution in [1.82, 2.24) is 10.2 Å². The molecule has 1 N–H and O–H groups in total. The average molecular weight is 425 g/mol. The highest BCUT2D eigenvalue weighted by molar-refractivity contribution is 5.74. The van der Waals surface area contributed by atoms with Gasteiger partial charge in [0.15, 0.2) is 0 Å². The van der Waals surface area contributed by atoms with Crippen molar-refractivity contribution in [3.05, 3.63) is 0 Å². The summed E-state index contributed by atoms with van der Waals surface area (Å²) in [7, 11) is 0. The van der Waals surface area contributed by atoms with Crippen molar-refractivity contribution in [2.24, 2.45) is 0 Å². The molecule has 30 heavy (non-hydrogen) atoms. The van der Waals surface area contributed by atoms with Gasteiger partial charge >= 0.3 is 6.03 Å². The molecule has 0 aliphatic rings. The van der Waals surface area contributed by atoms with Crippen molar-refractivity contribution in [3.8, 4) is 0 Å². The molecule has 0 aliphatic carbocycles. The Kier molecular flexibility index (Phi) is 23.9. The van der Waals surface area contributed by atoms with E-state index in [4.69, 9.17) is 0 Å². The molecule has 0 saturated heterocycles. The number of amides is 2. The number of nitrogens with one attached hydrogen (secondary N) is 1. The highest BCUT2D eigenvalue weighted by Crippen LogP contribution is 2.13. The minimum Gasteiger partial charge on any atom is -0.338 e. The number of rotatable bonds is 23. The third-order valence-corrected chi connectivity index (χ3v) is 6.16. The molecule has 0 unspecified atom stereocenters. The Morgan fingerprint density at radius 2 is 0.833 bits per heavy atom. The van der Waals surface area contributed by atoms with Crippen LogP contribution in [0.4, 0.5) is 4.79 Å². The largest absolute Gasteiger partial charge is 0.338 e. The van der Waals surface area contributed by atoms with E-state index in [0.29, 0.717) is 0 Å². The van der Waals surface area contributed by atoms with Gasteiger partial charge in [-0.25, -0.2) is 4.79 Å². The summed E-state index contributed by atoms with van der Waals surface area (Å²) in [5.74, 6) is 0. The van der Waals surface area contributed by atoms with Crippen molar-refractivity contribution in [1.29, 1.82) is 0 Å². The fourth-order valence-corrected chi connectivity index (χ4v) is 3.99. The van der Waals surface area contributed by atoms with Crippen LogP contribution in [-0.4, -0.2) is 30.6 Å². The zero-order valence-corrected chi connectivity index (χ0v) is 21.1. The first-order valence-corrected chi connectivity index (χ1v) is 13.8. The molecular formula is C27H56N2O. The number of unbranched alkanes of at least 4 members (excludes halogenated alkanes) is 17. The summed E-state index contributed by atoms with van der Waals surface area (Å²) in [6, 6.07) is 0.151. The number of urea groups is 1. The molecule has 0 bridgehead atoms. The molecule has 0 saturated carbocycles. The molecule has 0 aromatic rings. The maximum atomic E-state index is 12.3. The van der Waals surface area contributed by atoms with Gasteiger partial charge < -0.3 is 10.2 Å². The molecule has 0 aromatic carbocycles. The second kappa shape index (κ2) is 24.5. The van der Waals surface area contributed by atoms with E-state index in [1.807, 2.05) is 4.90 Å². The van der Waals surface area contributed by atoms with Crippen LogP contribution in [0.15, 0.2) is 0 Å². The van der Waals surface area contributed by atoms with Crippen LogP contribution in [0.2, 0.25) is 0 Å². The summed E-state index contributed by atoms with van der Waals surface area (Å²) < 4.78 is 0. The van der Waals surface area contributed by atoms with Gasteiger partial charge in [-0.15, -0.1) is 0 Å². The molecular weight excluding hydrogens is 368 g/mol. The molecule has 180 valence electrons. The Bertz CT molecular complexity index is 338. The second-order valence-electron chi connectivity index (χ2n) is 9.23. The average Bonchev–Trinajstić information content (AvgIpc) is 2.75. The second-order valence-corrected chi connectivity index (χ2v) is 9.23. The van der Waals surface area contributed by atoms with Crippen LogP contribution in [0.25, 0.3) is 0 Å². The Labute approximate surface area is 190 Å². The lowest BCUT2D eigenvalue weighted by atomic mass is 10.0. The van der Waals surface area contributed by atoms with Crippen molar-refractivity contribution < 1.29 is 4.79 Å². The van der Waals surface area contributed by atoms with Crippen LogP contribution in [0.1, 0.15) is 149 Å². The highest BCUT2D eigenvalue weighted by Gasteiger charge is 2.11. The normalized spacial score (nSPS) is 11.0. The number of carbonyl (C=O) groups is 1. The summed E-state index contributed by atoms with van der Waals surface area (Å²) in [5, 5.41) is 3.14. The minimum absolute atomic E-state index is 0.151. The maximum Gasteiger partial charge on any atom is 0.317 e. The van der Waals surface area contributed by atoms with Crippen molar-refractivity contribution >= 4 is 6.03 Å². The monoisotopic (exact) mass is 424 g/mol. The first kappa shape index (κ1) is 29.3. The molecule has 0 radical (unpaired) electrons. The van der Waals surface area contributed by atoms with Gasteiger partial charge in [-0.05, 0) is 19.3 Å². The van der Waals surface area contributed by atoms with E-state index in [9.17, 15) is 4.79 Å². The number of nitrogens with zero attached hydrogens (tertiary/aromatic N) is 1. The predicted octanol–water partition coefficient (Wildman–Crippen LogP) is 8.86. The van der Waals surface area contributed by atoms with Crippen molar-refractivity contribution in [2.45, 2.75) is 149 Å². The standard InChI is InChI=1S/C27H56N2O/c1-4-7-10-11-12-13-14-15-16-17-18-19-20-21-22-23-24-28-27(30)29(25-8-5-2)26-9-6-3/h4-26H2,1-3H3,(H,28,30). The lowest BCUT2D eigenvalue weighted by Crippen LogP contribution is -2.41. The summed E-state index contributed by atoms with van der Waals surface area (Å²) in [4.78, 5) is 14.3. The Morgan fingerprint density at radius 3 is 1.20 bits per heavy atom. The molecule has 0 rings (SSSR count). The van der Waals surface area contributed by atoms with Crippen molar-refractivity contribution in [3.63, 3.8) is 0 Å². The quantitative estimate of drug-likeness (QED) is 0.163. The fraction of sp³-hybridized carbons (Fsp3) is 0.963. The SMILES string of the molecule is CCCCCCCCCCCCCCCCCCNC(=O)N(CCCC)CCCC. The fourth-order valence-electron chi connectivity index (χ4n) is 3.99. The van der Waals surface area contributed by atoms with Crippen molar-refractivity contribution in [2.75, 3.05) is 19.6 Å². The summed E-state index contributed by atoms with van der Waals surface area (Å²) >= 11 is 0. The smallest absolute Gasteiger partial charge is 0.317 e. The van der Waals surface area contributed by atoms with E-state index in [2.05, 4.69) is 26.1 Å². The molecule has 2 amide bonds. The molecule has 0 spiro atoms. The van der Waals surface area contributed by atoms with Gasteiger partial charge in [-0.2, -0.15) is 0 Å². The molecule has 3 heteroatoms. The highest BCUT2D eigenvalue weighted by atomic mass is 16.2. The lowest BCUT2D eigenvalue weighted by molar-refractivity contribution is 0.196. The van der Waals surface area contributed by atoms with E-state index in [-0.39, 0.29) is 6.03 Å². The topological polar surface area (TPSA) is 32.3 Å². The predicted molar refractivity (Wildman–Crippen MR) is 134 cm³/mol. The lowest BCUT2D eigenvalue weighted by Gasteiger charge is -2.22. The zero-order valence-electron chi connectivity index (χ0n) is 21.1. The maximum absolute atomic E-state index is 12.3. The van der Waals surface area contributed by atoms with E-state index >= 15 is 0 Å². The Morgan fingerprint density at radius 1 is 0.500 bits per heavy atom. The van der Waals surface area contributed by atoms with Gasteiger partial charge in [0.1, 0.15) is 0 Å². The van der Waals surface area contributed by atoms with Crippen LogP contribution < -0.4 is 5.32 Å². The minimum atomic E-state index is 0.151. The van der Waals surface area contributed by atoms with Gasteiger partial charge in [0.2, 0.25) is 0 Å².